The van der Waals surface area contributed by atoms with Gasteiger partial charge in [0.25, 0.3) is 0 Å². The number of hydrogen-bond donors (Lipinski definition) is 1. The predicted octanol–water partition coefficient (Wildman–Crippen LogP) is 4.02. The van der Waals surface area contributed by atoms with Gasteiger partial charge in [-0.2, -0.15) is 0 Å². The Bertz CT molecular complexity index is 600. The molecule has 3 heteroatoms. The lowest BCUT2D eigenvalue weighted by Crippen LogP contribution is -2.01. The van der Waals surface area contributed by atoms with Crippen LogP contribution in [0, 0.1) is 0 Å². The van der Waals surface area contributed by atoms with Crippen molar-refractivity contribution < 1.29 is 14.7 Å². The van der Waals surface area contributed by atoms with E-state index in [2.05, 4.69) is 0 Å². The molecule has 0 heterocycles. The highest BCUT2D eigenvalue weighted by molar-refractivity contribution is 5.97. The van der Waals surface area contributed by atoms with E-state index in [1.54, 1.807) is 12.1 Å². The van der Waals surface area contributed by atoms with Crippen molar-refractivity contribution in [1.29, 1.82) is 0 Å². The summed E-state index contributed by atoms with van der Waals surface area (Å²) in [6.07, 6.45) is 2.29. The zero-order valence-corrected chi connectivity index (χ0v) is 11.8. The third kappa shape index (κ3) is 4.56. The highest BCUT2D eigenvalue weighted by Crippen LogP contribution is 2.14. The van der Waals surface area contributed by atoms with E-state index in [0.29, 0.717) is 31.2 Å². The molecule has 0 amide bonds. The molecule has 21 heavy (non-hydrogen) atoms. The van der Waals surface area contributed by atoms with Gasteiger partial charge in [0.2, 0.25) is 0 Å². The largest absolute Gasteiger partial charge is 0.508 e. The Balaban J connectivity index is 1.73. The zero-order valence-electron chi connectivity index (χ0n) is 11.8. The average Bonchev–Trinajstić information content (AvgIpc) is 2.52. The van der Waals surface area contributed by atoms with Gasteiger partial charge in [0, 0.05) is 24.0 Å². The normalized spacial score (nSPS) is 10.3. The number of hydrogen-bond acceptors (Lipinski definition) is 3. The Kier molecular flexibility index (Phi) is 5.27. The molecule has 1 N–H and O–H groups in total. The summed E-state index contributed by atoms with van der Waals surface area (Å²) in [7, 11) is 0. The second-order valence-corrected chi connectivity index (χ2v) is 4.97. The molecule has 2 aromatic carbocycles. The van der Waals surface area contributed by atoms with Crippen LogP contribution in [0.3, 0.4) is 0 Å². The molecule has 0 saturated heterocycles. The Morgan fingerprint density at radius 2 is 1.19 bits per heavy atom. The monoisotopic (exact) mass is 282 g/mol. The van der Waals surface area contributed by atoms with Gasteiger partial charge in [0.1, 0.15) is 5.75 Å². The van der Waals surface area contributed by atoms with Crippen LogP contribution in [0.1, 0.15) is 46.4 Å². The Labute approximate surface area is 124 Å². The van der Waals surface area contributed by atoms with E-state index in [0.717, 1.165) is 5.56 Å². The Hall–Kier alpha value is -2.42. The molecule has 0 fully saturated rings. The maximum atomic E-state index is 11.9. The van der Waals surface area contributed by atoms with Crippen LogP contribution in [0.2, 0.25) is 0 Å². The minimum absolute atomic E-state index is 0.0437. The highest BCUT2D eigenvalue weighted by atomic mass is 16.3. The van der Waals surface area contributed by atoms with Crippen LogP contribution in [0.5, 0.6) is 5.75 Å². The van der Waals surface area contributed by atoms with Crippen molar-refractivity contribution in [3.8, 4) is 5.75 Å². The maximum Gasteiger partial charge on any atom is 0.162 e. The molecule has 2 rings (SSSR count). The molecular formula is C18H18O3. The first kappa shape index (κ1) is 15.0. The number of benzene rings is 2. The first-order chi connectivity index (χ1) is 10.2. The molecule has 0 aliphatic heterocycles. The van der Waals surface area contributed by atoms with Crippen LogP contribution >= 0.6 is 0 Å². The number of Topliss-reactive ketones (excluding diaryl/α,β-unsaturated/α-hetero) is 2. The number of rotatable bonds is 7. The van der Waals surface area contributed by atoms with Gasteiger partial charge in [-0.25, -0.2) is 0 Å². The summed E-state index contributed by atoms with van der Waals surface area (Å²) >= 11 is 0. The fourth-order valence-electron chi connectivity index (χ4n) is 2.13. The predicted molar refractivity (Wildman–Crippen MR) is 81.7 cm³/mol. The highest BCUT2D eigenvalue weighted by Gasteiger charge is 2.08. The van der Waals surface area contributed by atoms with Crippen molar-refractivity contribution in [2.75, 3.05) is 0 Å². The third-order valence-electron chi connectivity index (χ3n) is 3.34. The van der Waals surface area contributed by atoms with Crippen LogP contribution in [0.25, 0.3) is 0 Å². The van der Waals surface area contributed by atoms with Gasteiger partial charge in [-0.1, -0.05) is 30.3 Å². The minimum Gasteiger partial charge on any atom is -0.508 e. The van der Waals surface area contributed by atoms with Crippen molar-refractivity contribution in [2.24, 2.45) is 0 Å². The standard InChI is InChI=1S/C18H18O3/c19-16-12-10-15(11-13-16)18(21)9-5-4-8-17(20)14-6-2-1-3-7-14/h1-3,6-7,10-13,19H,4-5,8-9H2. The molecule has 0 saturated carbocycles. The molecule has 0 radical (unpaired) electrons. The molecule has 3 nitrogen and oxygen atoms in total. The van der Waals surface area contributed by atoms with Gasteiger partial charge in [0.05, 0.1) is 0 Å². The number of carbonyl (C=O) groups is 2. The van der Waals surface area contributed by atoms with Crippen molar-refractivity contribution in [3.63, 3.8) is 0 Å². The van der Waals surface area contributed by atoms with Crippen molar-refractivity contribution >= 4 is 11.6 Å². The van der Waals surface area contributed by atoms with Gasteiger partial charge in [0.15, 0.2) is 11.6 Å². The molecule has 0 spiro atoms. The molecule has 2 aromatic rings. The molecule has 0 aliphatic rings. The molecule has 0 atom stereocenters. The lowest BCUT2D eigenvalue weighted by Gasteiger charge is -2.02. The van der Waals surface area contributed by atoms with Gasteiger partial charge in [-0.05, 0) is 37.1 Å². The molecular weight excluding hydrogens is 264 g/mol. The summed E-state index contributed by atoms with van der Waals surface area (Å²) < 4.78 is 0. The minimum atomic E-state index is 0.0437. The fourth-order valence-corrected chi connectivity index (χ4v) is 2.13. The first-order valence-corrected chi connectivity index (χ1v) is 7.07. The number of carbonyl (C=O) groups excluding carboxylic acids is 2. The molecule has 0 aromatic heterocycles. The quantitative estimate of drug-likeness (QED) is 0.616. The Morgan fingerprint density at radius 1 is 0.714 bits per heavy atom. The average molecular weight is 282 g/mol. The summed E-state index contributed by atoms with van der Waals surface area (Å²) in [5.41, 5.74) is 1.32. The molecule has 0 bridgehead atoms. The van der Waals surface area contributed by atoms with Crippen LogP contribution in [-0.2, 0) is 0 Å². The number of aromatic hydroxyl groups is 1. The van der Waals surface area contributed by atoms with Crippen molar-refractivity contribution in [1.82, 2.24) is 0 Å². The van der Waals surface area contributed by atoms with E-state index in [1.807, 2.05) is 30.3 Å². The lowest BCUT2D eigenvalue weighted by atomic mass is 10.0. The molecule has 0 unspecified atom stereocenters. The number of phenolic OH excluding ortho intramolecular Hbond substituents is 1. The molecule has 108 valence electrons. The van der Waals surface area contributed by atoms with Crippen LogP contribution in [-0.4, -0.2) is 16.7 Å². The SMILES string of the molecule is O=C(CCCCC(=O)c1ccc(O)cc1)c1ccccc1. The smallest absolute Gasteiger partial charge is 0.162 e. The second-order valence-electron chi connectivity index (χ2n) is 4.97. The number of unbranched alkanes of at least 4 members (excludes halogenated alkanes) is 1. The Morgan fingerprint density at radius 3 is 1.71 bits per heavy atom. The number of phenols is 1. The van der Waals surface area contributed by atoms with Crippen molar-refractivity contribution in [2.45, 2.75) is 25.7 Å². The second kappa shape index (κ2) is 7.39. The molecule has 0 aliphatic carbocycles. The summed E-state index contributed by atoms with van der Waals surface area (Å²) in [6, 6.07) is 15.4. The summed E-state index contributed by atoms with van der Waals surface area (Å²) in [5.74, 6) is 0.315. The van der Waals surface area contributed by atoms with E-state index in [9.17, 15) is 14.7 Å². The van der Waals surface area contributed by atoms with E-state index in [-0.39, 0.29) is 17.3 Å². The zero-order chi connectivity index (χ0) is 15.1. The van der Waals surface area contributed by atoms with Gasteiger partial charge < -0.3 is 5.11 Å². The van der Waals surface area contributed by atoms with Crippen LogP contribution in [0.4, 0.5) is 0 Å². The van der Waals surface area contributed by atoms with Crippen LogP contribution < -0.4 is 0 Å². The number of ketones is 2. The maximum absolute atomic E-state index is 11.9. The third-order valence-corrected chi connectivity index (χ3v) is 3.34. The lowest BCUT2D eigenvalue weighted by molar-refractivity contribution is 0.0954. The van der Waals surface area contributed by atoms with E-state index in [1.165, 1.54) is 12.1 Å². The van der Waals surface area contributed by atoms with Crippen LogP contribution in [0.15, 0.2) is 54.6 Å². The first-order valence-electron chi connectivity index (χ1n) is 7.07. The topological polar surface area (TPSA) is 54.4 Å². The van der Waals surface area contributed by atoms with Crippen molar-refractivity contribution in [3.05, 3.63) is 65.7 Å². The van der Waals surface area contributed by atoms with Gasteiger partial charge >= 0.3 is 0 Å². The summed E-state index contributed by atoms with van der Waals surface area (Å²) in [6.45, 7) is 0. The van der Waals surface area contributed by atoms with Gasteiger partial charge in [-0.3, -0.25) is 9.59 Å². The summed E-state index contributed by atoms with van der Waals surface area (Å²) in [4.78, 5) is 23.8. The summed E-state index contributed by atoms with van der Waals surface area (Å²) in [5, 5.41) is 9.17. The van der Waals surface area contributed by atoms with E-state index < -0.39 is 0 Å². The fraction of sp³-hybridized carbons (Fsp3) is 0.222. The van der Waals surface area contributed by atoms with E-state index >= 15 is 0 Å². The van der Waals surface area contributed by atoms with E-state index in [4.69, 9.17) is 0 Å². The van der Waals surface area contributed by atoms with Gasteiger partial charge in [-0.15, -0.1) is 0 Å².